The number of amides is 1. The van der Waals surface area contributed by atoms with Gasteiger partial charge in [0.05, 0.1) is 11.7 Å². The van der Waals surface area contributed by atoms with Crippen molar-refractivity contribution in [3.63, 3.8) is 0 Å². The van der Waals surface area contributed by atoms with Gasteiger partial charge < -0.3 is 11.1 Å². The van der Waals surface area contributed by atoms with Crippen molar-refractivity contribution >= 4 is 28.3 Å². The topological polar surface area (TPSA) is 92.5 Å². The minimum Gasteiger partial charge on any atom is -0.353 e. The van der Waals surface area contributed by atoms with Crippen LogP contribution in [0.3, 0.4) is 0 Å². The maximum atomic E-state index is 12.8. The van der Waals surface area contributed by atoms with E-state index in [1.807, 2.05) is 0 Å². The summed E-state index contributed by atoms with van der Waals surface area (Å²) in [5.41, 5.74) is 6.16. The molecule has 3 unspecified atom stereocenters. The maximum Gasteiger partial charge on any atom is 0.224 e. The summed E-state index contributed by atoms with van der Waals surface area (Å²) in [7, 11) is -3.21. The zero-order valence-electron chi connectivity index (χ0n) is 15.0. The summed E-state index contributed by atoms with van der Waals surface area (Å²) in [6, 6.07) is 0.512. The Morgan fingerprint density at radius 3 is 2.40 bits per heavy atom. The Labute approximate surface area is 157 Å². The molecule has 0 aromatic carbocycles. The second kappa shape index (κ2) is 8.55. The molecule has 1 saturated heterocycles. The van der Waals surface area contributed by atoms with Crippen LogP contribution >= 0.6 is 12.4 Å². The van der Waals surface area contributed by atoms with Crippen LogP contribution in [-0.2, 0) is 14.8 Å². The number of rotatable bonds is 4. The summed E-state index contributed by atoms with van der Waals surface area (Å²) >= 11 is 0. The lowest BCUT2D eigenvalue weighted by Gasteiger charge is -2.45. The lowest BCUT2D eigenvalue weighted by molar-refractivity contribution is -0.128. The van der Waals surface area contributed by atoms with Gasteiger partial charge in [0.15, 0.2) is 0 Å². The number of sulfonamides is 1. The summed E-state index contributed by atoms with van der Waals surface area (Å²) in [5, 5.41) is 3.29. The van der Waals surface area contributed by atoms with Crippen molar-refractivity contribution in [1.29, 1.82) is 0 Å². The lowest BCUT2D eigenvalue weighted by Crippen LogP contribution is -2.56. The van der Waals surface area contributed by atoms with Gasteiger partial charge >= 0.3 is 0 Å². The van der Waals surface area contributed by atoms with Crippen LogP contribution in [0.1, 0.15) is 51.9 Å². The van der Waals surface area contributed by atoms with Gasteiger partial charge in [-0.25, -0.2) is 12.7 Å². The first-order valence-corrected chi connectivity index (χ1v) is 11.1. The van der Waals surface area contributed by atoms with E-state index in [-0.39, 0.29) is 42.1 Å². The Hall–Kier alpha value is -0.370. The first kappa shape index (κ1) is 20.9. The molecular weight excluding hydrogens is 362 g/mol. The van der Waals surface area contributed by atoms with E-state index in [0.717, 1.165) is 38.5 Å². The summed E-state index contributed by atoms with van der Waals surface area (Å²) in [6.45, 7) is 2.54. The number of hydrogen-bond acceptors (Lipinski definition) is 4. The minimum absolute atomic E-state index is 0. The molecule has 3 N–H and O–H groups in total. The Bertz CT molecular complexity index is 557. The maximum absolute atomic E-state index is 12.8. The van der Waals surface area contributed by atoms with Crippen molar-refractivity contribution in [1.82, 2.24) is 9.62 Å². The molecule has 1 heterocycles. The van der Waals surface area contributed by atoms with E-state index in [1.165, 1.54) is 10.7 Å². The van der Waals surface area contributed by atoms with Crippen molar-refractivity contribution in [2.24, 2.45) is 23.5 Å². The second-order valence-electron chi connectivity index (χ2n) is 7.81. The van der Waals surface area contributed by atoms with Crippen molar-refractivity contribution in [2.75, 3.05) is 18.8 Å². The summed E-state index contributed by atoms with van der Waals surface area (Å²) in [4.78, 5) is 12.8. The smallest absolute Gasteiger partial charge is 0.224 e. The molecule has 146 valence electrons. The molecule has 6 nitrogen and oxygen atoms in total. The number of nitrogens with one attached hydrogen (secondary N) is 1. The number of carbonyl (C=O) groups is 1. The largest absolute Gasteiger partial charge is 0.353 e. The fourth-order valence-corrected chi connectivity index (χ4v) is 6.08. The van der Waals surface area contributed by atoms with Crippen LogP contribution in [0, 0.1) is 17.8 Å². The fourth-order valence-electron chi connectivity index (χ4n) is 4.90. The SMILES string of the molecule is CCS(=O)(=O)N1CCCC(C(=O)NC2C3CCCC2CC(N)C3)C1.Cl. The van der Waals surface area contributed by atoms with E-state index in [0.29, 0.717) is 24.9 Å². The van der Waals surface area contributed by atoms with Gasteiger partial charge in [0.1, 0.15) is 0 Å². The van der Waals surface area contributed by atoms with E-state index >= 15 is 0 Å². The molecule has 0 aromatic heterocycles. The van der Waals surface area contributed by atoms with Gasteiger partial charge in [0.2, 0.25) is 15.9 Å². The van der Waals surface area contributed by atoms with Gasteiger partial charge in [-0.15, -0.1) is 12.4 Å². The highest BCUT2D eigenvalue weighted by atomic mass is 35.5. The molecule has 8 heteroatoms. The van der Waals surface area contributed by atoms with Crippen LogP contribution in [0.4, 0.5) is 0 Å². The van der Waals surface area contributed by atoms with E-state index in [1.54, 1.807) is 6.92 Å². The number of carbonyl (C=O) groups excluding carboxylic acids is 1. The molecule has 1 amide bonds. The third-order valence-corrected chi connectivity index (χ3v) is 8.05. The highest BCUT2D eigenvalue weighted by molar-refractivity contribution is 7.89. The van der Waals surface area contributed by atoms with Gasteiger partial charge in [0.25, 0.3) is 0 Å². The van der Waals surface area contributed by atoms with Crippen molar-refractivity contribution in [3.8, 4) is 0 Å². The van der Waals surface area contributed by atoms with E-state index in [4.69, 9.17) is 5.73 Å². The standard InChI is InChI=1S/C17H31N3O3S.ClH/c1-2-24(22,23)20-8-4-7-14(11-20)17(21)19-16-12-5-3-6-13(16)10-15(18)9-12;/h12-16H,2-11,18H2,1H3,(H,19,21);1H. The molecule has 3 atom stereocenters. The second-order valence-corrected chi connectivity index (χ2v) is 10.1. The Balaban J connectivity index is 0.00000225. The van der Waals surface area contributed by atoms with Gasteiger partial charge in [-0.3, -0.25) is 4.79 Å². The Kier molecular flexibility index (Phi) is 7.16. The van der Waals surface area contributed by atoms with Crippen LogP contribution in [-0.4, -0.2) is 49.6 Å². The molecule has 0 radical (unpaired) electrons. The molecule has 0 aromatic rings. The van der Waals surface area contributed by atoms with Gasteiger partial charge in [-0.1, -0.05) is 6.42 Å². The summed E-state index contributed by atoms with van der Waals surface area (Å²) in [5.74, 6) is 0.928. The van der Waals surface area contributed by atoms with Gasteiger partial charge in [0, 0.05) is 25.2 Å². The third-order valence-electron chi connectivity index (χ3n) is 6.20. The highest BCUT2D eigenvalue weighted by Gasteiger charge is 2.41. The molecule has 3 aliphatic rings. The summed E-state index contributed by atoms with van der Waals surface area (Å²) in [6.07, 6.45) is 7.08. The molecule has 3 fully saturated rings. The molecule has 2 aliphatic carbocycles. The Morgan fingerprint density at radius 2 is 1.80 bits per heavy atom. The first-order chi connectivity index (χ1) is 11.4. The van der Waals surface area contributed by atoms with E-state index in [2.05, 4.69) is 5.32 Å². The fraction of sp³-hybridized carbons (Fsp3) is 0.941. The zero-order chi connectivity index (χ0) is 17.3. The molecule has 2 saturated carbocycles. The third kappa shape index (κ3) is 4.67. The van der Waals surface area contributed by atoms with Gasteiger partial charge in [-0.05, 0) is 57.3 Å². The minimum atomic E-state index is -3.21. The Morgan fingerprint density at radius 1 is 1.16 bits per heavy atom. The van der Waals surface area contributed by atoms with Crippen molar-refractivity contribution < 1.29 is 13.2 Å². The van der Waals surface area contributed by atoms with E-state index in [9.17, 15) is 13.2 Å². The quantitative estimate of drug-likeness (QED) is 0.756. The van der Waals surface area contributed by atoms with Gasteiger partial charge in [-0.2, -0.15) is 0 Å². The van der Waals surface area contributed by atoms with Crippen LogP contribution in [0.25, 0.3) is 0 Å². The van der Waals surface area contributed by atoms with Crippen LogP contribution < -0.4 is 11.1 Å². The highest BCUT2D eigenvalue weighted by Crippen LogP contribution is 2.39. The van der Waals surface area contributed by atoms with Crippen molar-refractivity contribution in [3.05, 3.63) is 0 Å². The molecule has 25 heavy (non-hydrogen) atoms. The average Bonchev–Trinajstić information content (AvgIpc) is 2.55. The monoisotopic (exact) mass is 393 g/mol. The van der Waals surface area contributed by atoms with Crippen LogP contribution in [0.15, 0.2) is 0 Å². The van der Waals surface area contributed by atoms with Crippen LogP contribution in [0.2, 0.25) is 0 Å². The number of nitrogens with zero attached hydrogens (tertiary/aromatic N) is 1. The number of hydrogen-bond donors (Lipinski definition) is 2. The predicted molar refractivity (Wildman–Crippen MR) is 101 cm³/mol. The number of nitrogens with two attached hydrogens (primary N) is 1. The summed E-state index contributed by atoms with van der Waals surface area (Å²) < 4.78 is 25.7. The predicted octanol–water partition coefficient (Wildman–Crippen LogP) is 1.49. The molecular formula is C17H32ClN3O3S. The lowest BCUT2D eigenvalue weighted by atomic mass is 9.67. The number of fused-ring (bicyclic) bond motifs is 2. The average molecular weight is 394 g/mol. The van der Waals surface area contributed by atoms with Crippen LogP contribution in [0.5, 0.6) is 0 Å². The molecule has 3 rings (SSSR count). The molecule has 1 aliphatic heterocycles. The zero-order valence-corrected chi connectivity index (χ0v) is 16.7. The number of halogens is 1. The molecule has 2 bridgehead atoms. The van der Waals surface area contributed by atoms with Crippen molar-refractivity contribution in [2.45, 2.75) is 64.0 Å². The van der Waals surface area contributed by atoms with E-state index < -0.39 is 10.0 Å². The first-order valence-electron chi connectivity index (χ1n) is 9.44. The normalized spacial score (nSPS) is 36.3. The number of piperidine rings is 1. The molecule has 0 spiro atoms.